The van der Waals surface area contributed by atoms with Crippen LogP contribution in [-0.4, -0.2) is 39.6 Å². The SMILES string of the molecule is CC(C)CN(CC(=O)Nc1cc(C(C)(C)C)nn1C)C(=O)CCc1ccccc1. The van der Waals surface area contributed by atoms with Crippen LogP contribution in [0, 0.1) is 5.92 Å². The van der Waals surface area contributed by atoms with Gasteiger partial charge in [0.2, 0.25) is 11.8 Å². The van der Waals surface area contributed by atoms with E-state index in [0.717, 1.165) is 11.3 Å². The lowest BCUT2D eigenvalue weighted by Gasteiger charge is -2.24. The fourth-order valence-electron chi connectivity index (χ4n) is 3.06. The topological polar surface area (TPSA) is 67.2 Å². The molecule has 29 heavy (non-hydrogen) atoms. The largest absolute Gasteiger partial charge is 0.333 e. The average Bonchev–Trinajstić information content (AvgIpc) is 3.00. The Morgan fingerprint density at radius 1 is 1.17 bits per heavy atom. The molecule has 6 nitrogen and oxygen atoms in total. The van der Waals surface area contributed by atoms with E-state index in [9.17, 15) is 9.59 Å². The molecular weight excluding hydrogens is 364 g/mol. The van der Waals surface area contributed by atoms with Gasteiger partial charge in [0.25, 0.3) is 0 Å². The Bertz CT molecular complexity index is 819. The molecule has 2 aromatic rings. The van der Waals surface area contributed by atoms with Crippen molar-refractivity contribution < 1.29 is 9.59 Å². The normalized spacial score (nSPS) is 11.6. The number of amides is 2. The Morgan fingerprint density at radius 3 is 2.38 bits per heavy atom. The minimum atomic E-state index is -0.206. The molecule has 6 heteroatoms. The van der Waals surface area contributed by atoms with E-state index >= 15 is 0 Å². The highest BCUT2D eigenvalue weighted by molar-refractivity contribution is 5.94. The van der Waals surface area contributed by atoms with Crippen molar-refractivity contribution in [1.29, 1.82) is 0 Å². The second-order valence-corrected chi connectivity index (χ2v) is 8.99. The van der Waals surface area contributed by atoms with E-state index in [1.54, 1.807) is 9.58 Å². The zero-order chi connectivity index (χ0) is 21.6. The minimum absolute atomic E-state index is 0.00177. The molecule has 2 amide bonds. The summed E-state index contributed by atoms with van der Waals surface area (Å²) in [5, 5.41) is 7.38. The van der Waals surface area contributed by atoms with Crippen molar-refractivity contribution in [2.45, 2.75) is 52.9 Å². The summed E-state index contributed by atoms with van der Waals surface area (Å²) >= 11 is 0. The molecule has 0 fully saturated rings. The Balaban J connectivity index is 2.00. The van der Waals surface area contributed by atoms with E-state index in [0.29, 0.717) is 25.2 Å². The molecule has 1 aromatic carbocycles. The zero-order valence-corrected chi connectivity index (χ0v) is 18.5. The van der Waals surface area contributed by atoms with E-state index in [-0.39, 0.29) is 29.7 Å². The van der Waals surface area contributed by atoms with E-state index in [4.69, 9.17) is 0 Å². The predicted octanol–water partition coefficient (Wildman–Crippen LogP) is 3.77. The van der Waals surface area contributed by atoms with Crippen molar-refractivity contribution in [3.05, 3.63) is 47.7 Å². The molecule has 1 N–H and O–H groups in total. The van der Waals surface area contributed by atoms with Gasteiger partial charge in [-0.25, -0.2) is 0 Å². The van der Waals surface area contributed by atoms with Crippen LogP contribution in [0.15, 0.2) is 36.4 Å². The van der Waals surface area contributed by atoms with Gasteiger partial charge in [-0.3, -0.25) is 14.3 Å². The smallest absolute Gasteiger partial charge is 0.245 e. The molecule has 0 aliphatic carbocycles. The third-order valence-electron chi connectivity index (χ3n) is 4.66. The van der Waals surface area contributed by atoms with Crippen LogP contribution in [0.25, 0.3) is 0 Å². The molecule has 0 spiro atoms. The Hall–Kier alpha value is -2.63. The number of hydrogen-bond donors (Lipinski definition) is 1. The first-order valence-corrected chi connectivity index (χ1v) is 10.2. The van der Waals surface area contributed by atoms with Crippen LogP contribution in [0.1, 0.15) is 52.3 Å². The van der Waals surface area contributed by atoms with Crippen LogP contribution < -0.4 is 5.32 Å². The van der Waals surface area contributed by atoms with Crippen molar-refractivity contribution >= 4 is 17.6 Å². The van der Waals surface area contributed by atoms with Crippen LogP contribution >= 0.6 is 0 Å². The van der Waals surface area contributed by atoms with Crippen LogP contribution in [0.4, 0.5) is 5.82 Å². The third kappa shape index (κ3) is 7.04. The first kappa shape index (κ1) is 22.7. The zero-order valence-electron chi connectivity index (χ0n) is 18.5. The Morgan fingerprint density at radius 2 is 1.83 bits per heavy atom. The Kier molecular flexibility index (Phi) is 7.59. The second-order valence-electron chi connectivity index (χ2n) is 8.99. The number of carbonyl (C=O) groups is 2. The second kappa shape index (κ2) is 9.72. The number of hydrogen-bond acceptors (Lipinski definition) is 3. The van der Waals surface area contributed by atoms with Crippen molar-refractivity contribution in [2.24, 2.45) is 13.0 Å². The molecule has 0 radical (unpaired) electrons. The van der Waals surface area contributed by atoms with Gasteiger partial charge in [-0.15, -0.1) is 0 Å². The summed E-state index contributed by atoms with van der Waals surface area (Å²) in [6, 6.07) is 11.8. The van der Waals surface area contributed by atoms with Gasteiger partial charge in [-0.2, -0.15) is 5.10 Å². The molecule has 2 rings (SSSR count). The first-order valence-electron chi connectivity index (χ1n) is 10.2. The number of rotatable bonds is 8. The maximum Gasteiger partial charge on any atom is 0.245 e. The molecular formula is C23H34N4O2. The molecule has 0 aliphatic rings. The fourth-order valence-corrected chi connectivity index (χ4v) is 3.06. The third-order valence-corrected chi connectivity index (χ3v) is 4.66. The standard InChI is InChI=1S/C23H34N4O2/c1-17(2)15-27(22(29)13-12-18-10-8-7-9-11-18)16-21(28)24-20-14-19(23(3,4)5)25-26(20)6/h7-11,14,17H,12-13,15-16H2,1-6H3,(H,24,28). The van der Waals surface area contributed by atoms with Gasteiger partial charge in [0.05, 0.1) is 12.2 Å². The number of carbonyl (C=O) groups excluding carboxylic acids is 2. The van der Waals surface area contributed by atoms with Gasteiger partial charge in [0, 0.05) is 31.5 Å². The van der Waals surface area contributed by atoms with E-state index in [1.165, 1.54) is 0 Å². The number of anilines is 1. The average molecular weight is 399 g/mol. The molecule has 0 saturated heterocycles. The maximum absolute atomic E-state index is 12.8. The quantitative estimate of drug-likeness (QED) is 0.736. The van der Waals surface area contributed by atoms with Gasteiger partial charge in [-0.05, 0) is 17.9 Å². The summed E-state index contributed by atoms with van der Waals surface area (Å²) in [4.78, 5) is 27.1. The molecule has 1 heterocycles. The lowest BCUT2D eigenvalue weighted by Crippen LogP contribution is -2.40. The lowest BCUT2D eigenvalue weighted by atomic mass is 9.92. The predicted molar refractivity (Wildman–Crippen MR) is 117 cm³/mol. The van der Waals surface area contributed by atoms with Crippen molar-refractivity contribution in [2.75, 3.05) is 18.4 Å². The number of benzene rings is 1. The molecule has 0 atom stereocenters. The summed E-state index contributed by atoms with van der Waals surface area (Å²) in [7, 11) is 1.81. The van der Waals surface area contributed by atoms with Gasteiger partial charge < -0.3 is 10.2 Å². The summed E-state index contributed by atoms with van der Waals surface area (Å²) in [5.41, 5.74) is 1.94. The van der Waals surface area contributed by atoms with Gasteiger partial charge in [-0.1, -0.05) is 65.0 Å². The molecule has 0 saturated carbocycles. The van der Waals surface area contributed by atoms with Crippen molar-refractivity contribution in [3.63, 3.8) is 0 Å². The number of aromatic nitrogens is 2. The van der Waals surface area contributed by atoms with Gasteiger partial charge >= 0.3 is 0 Å². The maximum atomic E-state index is 12.8. The molecule has 0 unspecified atom stereocenters. The van der Waals surface area contributed by atoms with Crippen molar-refractivity contribution in [3.8, 4) is 0 Å². The fraction of sp³-hybridized carbons (Fsp3) is 0.522. The van der Waals surface area contributed by atoms with E-state index < -0.39 is 0 Å². The molecule has 158 valence electrons. The lowest BCUT2D eigenvalue weighted by molar-refractivity contribution is -0.135. The minimum Gasteiger partial charge on any atom is -0.333 e. The highest BCUT2D eigenvalue weighted by atomic mass is 16.2. The van der Waals surface area contributed by atoms with E-state index in [1.807, 2.05) is 57.3 Å². The summed E-state index contributed by atoms with van der Waals surface area (Å²) in [6.45, 7) is 10.9. The first-order chi connectivity index (χ1) is 13.6. The van der Waals surface area contributed by atoms with Crippen LogP contribution in [-0.2, 0) is 28.5 Å². The highest BCUT2D eigenvalue weighted by Crippen LogP contribution is 2.23. The summed E-state index contributed by atoms with van der Waals surface area (Å²) < 4.78 is 1.67. The number of nitrogens with one attached hydrogen (secondary N) is 1. The summed E-state index contributed by atoms with van der Waals surface area (Å²) in [6.07, 6.45) is 1.07. The molecule has 0 aliphatic heterocycles. The van der Waals surface area contributed by atoms with Crippen LogP contribution in [0.2, 0.25) is 0 Å². The number of nitrogens with zero attached hydrogens (tertiary/aromatic N) is 3. The van der Waals surface area contributed by atoms with E-state index in [2.05, 4.69) is 31.2 Å². The molecule has 0 bridgehead atoms. The van der Waals surface area contributed by atoms with Crippen LogP contribution in [0.3, 0.4) is 0 Å². The van der Waals surface area contributed by atoms with Crippen molar-refractivity contribution in [1.82, 2.24) is 14.7 Å². The molecule has 1 aromatic heterocycles. The van der Waals surface area contributed by atoms with Gasteiger partial charge in [0.15, 0.2) is 0 Å². The Labute approximate surface area is 174 Å². The summed E-state index contributed by atoms with van der Waals surface area (Å²) in [5.74, 6) is 0.717. The van der Waals surface area contributed by atoms with Gasteiger partial charge in [0.1, 0.15) is 5.82 Å². The highest BCUT2D eigenvalue weighted by Gasteiger charge is 2.22. The number of aryl methyl sites for hydroxylation is 2. The monoisotopic (exact) mass is 398 g/mol. The van der Waals surface area contributed by atoms with Crippen LogP contribution in [0.5, 0.6) is 0 Å².